The second-order valence-corrected chi connectivity index (χ2v) is 20.1. The zero-order chi connectivity index (χ0) is 55.0. The first-order chi connectivity index (χ1) is 35.0. The lowest BCUT2D eigenvalue weighted by atomic mass is 9.91. The molecule has 1 aromatic rings. The Hall–Kier alpha value is -5.54. The van der Waals surface area contributed by atoms with E-state index in [-0.39, 0.29) is 24.2 Å². The van der Waals surface area contributed by atoms with E-state index < -0.39 is 165 Å². The van der Waals surface area contributed by atoms with Crippen LogP contribution >= 0.6 is 0 Å². The van der Waals surface area contributed by atoms with Gasteiger partial charge in [0.15, 0.2) is 6.23 Å². The quantitative estimate of drug-likeness (QED) is 0.0558. The van der Waals surface area contributed by atoms with Crippen LogP contribution in [0.25, 0.3) is 0 Å². The molecule has 3 saturated heterocycles. The van der Waals surface area contributed by atoms with E-state index in [9.17, 15) is 84.3 Å². The number of carbonyl (C=O) groups is 8. The average Bonchev–Trinajstić information content (AvgIpc) is 3.95. The van der Waals surface area contributed by atoms with Crippen LogP contribution in [0.3, 0.4) is 0 Å². The monoisotopic (exact) mass is 1050 g/mol. The van der Waals surface area contributed by atoms with Crippen molar-refractivity contribution in [2.75, 3.05) is 19.7 Å². The molecular formula is C49H78N8O17. The Balaban J connectivity index is 1.67. The van der Waals surface area contributed by atoms with E-state index in [1.807, 2.05) is 5.32 Å². The van der Waals surface area contributed by atoms with E-state index in [2.05, 4.69) is 42.0 Å². The van der Waals surface area contributed by atoms with Crippen molar-refractivity contribution >= 4 is 47.3 Å². The number of fused-ring (bicyclic) bond motifs is 2. The number of benzene rings is 1. The number of primary amides is 1. The summed E-state index contributed by atoms with van der Waals surface area (Å²) >= 11 is 0. The van der Waals surface area contributed by atoms with E-state index in [1.54, 1.807) is 0 Å². The second-order valence-electron chi connectivity index (χ2n) is 20.1. The number of hydrogen-bond donors (Lipinski definition) is 15. The number of aliphatic hydroxyl groups excluding tert-OH is 8. The molecule has 1 aromatic carbocycles. The maximum atomic E-state index is 14.3. The number of aliphatic hydroxyl groups is 8. The lowest BCUT2D eigenvalue weighted by molar-refractivity contribution is -0.149. The molecule has 416 valence electrons. The number of unbranched alkanes of at least 4 members (excludes halogenated alkanes) is 5. The molecular weight excluding hydrogens is 973 g/mol. The molecule has 3 heterocycles. The Bertz CT molecular complexity index is 2070. The Labute approximate surface area is 429 Å². The number of carbonyl (C=O) groups excluding carboxylic acids is 8. The molecule has 0 bridgehead atoms. The van der Waals surface area contributed by atoms with Crippen LogP contribution in [0.1, 0.15) is 122 Å². The third kappa shape index (κ3) is 17.3. The molecule has 0 aromatic heterocycles. The van der Waals surface area contributed by atoms with Gasteiger partial charge in [-0.1, -0.05) is 77.8 Å². The van der Waals surface area contributed by atoms with Crippen molar-refractivity contribution in [3.63, 3.8) is 0 Å². The van der Waals surface area contributed by atoms with Crippen LogP contribution in [0.15, 0.2) is 24.3 Å². The number of nitrogens with one attached hydrogen (secondary N) is 5. The van der Waals surface area contributed by atoms with Crippen LogP contribution in [0.4, 0.5) is 0 Å². The van der Waals surface area contributed by atoms with Gasteiger partial charge in [0, 0.05) is 32.4 Å². The molecule has 25 heteroatoms. The lowest BCUT2D eigenvalue weighted by Gasteiger charge is -2.34. The van der Waals surface area contributed by atoms with Crippen molar-refractivity contribution in [3.05, 3.63) is 29.8 Å². The molecule has 0 aliphatic carbocycles. The molecule has 8 amide bonds. The van der Waals surface area contributed by atoms with Gasteiger partial charge in [0.05, 0.1) is 31.3 Å². The van der Waals surface area contributed by atoms with Crippen LogP contribution in [-0.4, -0.2) is 196 Å². The van der Waals surface area contributed by atoms with E-state index >= 15 is 0 Å². The molecule has 25 nitrogen and oxygen atoms in total. The summed E-state index contributed by atoms with van der Waals surface area (Å²) in [7, 11) is 0. The van der Waals surface area contributed by atoms with Crippen molar-refractivity contribution in [2.45, 2.75) is 190 Å². The summed E-state index contributed by atoms with van der Waals surface area (Å²) in [5.41, 5.74) is 5.20. The molecule has 0 spiro atoms. The second kappa shape index (κ2) is 28.9. The first-order valence-corrected chi connectivity index (χ1v) is 25.5. The van der Waals surface area contributed by atoms with Crippen LogP contribution in [0.2, 0.25) is 0 Å². The number of rotatable bonds is 20. The molecule has 0 radical (unpaired) electrons. The molecule has 3 aliphatic rings. The van der Waals surface area contributed by atoms with Gasteiger partial charge < -0.3 is 88.1 Å². The highest BCUT2D eigenvalue weighted by Crippen LogP contribution is 2.26. The Morgan fingerprint density at radius 3 is 2.03 bits per heavy atom. The van der Waals surface area contributed by atoms with E-state index in [0.717, 1.165) is 67.7 Å². The van der Waals surface area contributed by atoms with E-state index in [0.29, 0.717) is 29.6 Å². The third-order valence-corrected chi connectivity index (χ3v) is 14.1. The van der Waals surface area contributed by atoms with Gasteiger partial charge >= 0.3 is 0 Å². The lowest BCUT2D eigenvalue weighted by Crippen LogP contribution is -2.64. The summed E-state index contributed by atoms with van der Waals surface area (Å²) < 4.78 is 0. The van der Waals surface area contributed by atoms with E-state index in [1.165, 1.54) is 6.42 Å². The first kappa shape index (κ1) is 61.0. The smallest absolute Gasteiger partial charge is 0.248 e. The Morgan fingerprint density at radius 2 is 1.39 bits per heavy atom. The number of nitrogens with two attached hydrogens (primary N) is 1. The van der Waals surface area contributed by atoms with Crippen LogP contribution in [-0.2, 0) is 38.4 Å². The molecule has 16 N–H and O–H groups in total. The van der Waals surface area contributed by atoms with Crippen LogP contribution in [0.5, 0.6) is 5.75 Å². The maximum Gasteiger partial charge on any atom is 0.248 e. The van der Waals surface area contributed by atoms with Crippen LogP contribution in [0, 0.1) is 11.8 Å². The molecule has 74 heavy (non-hydrogen) atoms. The fourth-order valence-corrected chi connectivity index (χ4v) is 9.63. The first-order valence-electron chi connectivity index (χ1n) is 25.5. The van der Waals surface area contributed by atoms with Gasteiger partial charge in [0.2, 0.25) is 47.3 Å². The number of phenols is 1. The zero-order valence-corrected chi connectivity index (χ0v) is 42.3. The summed E-state index contributed by atoms with van der Waals surface area (Å²) in [5, 5.41) is 110. The highest BCUT2D eigenvalue weighted by atomic mass is 16.3. The van der Waals surface area contributed by atoms with Crippen molar-refractivity contribution in [3.8, 4) is 5.75 Å². The average molecular weight is 1050 g/mol. The fraction of sp³-hybridized carbons (Fsp3) is 0.714. The van der Waals surface area contributed by atoms with Gasteiger partial charge in [-0.3, -0.25) is 38.4 Å². The van der Waals surface area contributed by atoms with Gasteiger partial charge in [0.25, 0.3) is 0 Å². The van der Waals surface area contributed by atoms with Gasteiger partial charge in [-0.25, -0.2) is 0 Å². The highest BCUT2D eigenvalue weighted by Gasteiger charge is 2.48. The van der Waals surface area contributed by atoms with Gasteiger partial charge in [-0.15, -0.1) is 0 Å². The number of nitrogens with zero attached hydrogens (tertiary/aromatic N) is 2. The number of phenolic OH excluding ortho intramolecular Hbond substituents is 1. The van der Waals surface area contributed by atoms with Crippen molar-refractivity contribution in [2.24, 2.45) is 17.6 Å². The minimum absolute atomic E-state index is 0.0759. The summed E-state index contributed by atoms with van der Waals surface area (Å²) in [6, 6.07) is -7.31. The Kier molecular flexibility index (Phi) is 23.9. The highest BCUT2D eigenvalue weighted by molar-refractivity contribution is 5.98. The number of aromatic hydroxyl groups is 1. The molecule has 3 fully saturated rings. The van der Waals surface area contributed by atoms with Crippen molar-refractivity contribution in [1.29, 1.82) is 0 Å². The Morgan fingerprint density at radius 1 is 0.757 bits per heavy atom. The summed E-state index contributed by atoms with van der Waals surface area (Å²) in [6.07, 6.45) is -8.34. The van der Waals surface area contributed by atoms with Gasteiger partial charge in [-0.05, 0) is 48.8 Å². The van der Waals surface area contributed by atoms with Gasteiger partial charge in [-0.2, -0.15) is 0 Å². The zero-order valence-electron chi connectivity index (χ0n) is 42.3. The SMILES string of the molecule is CC[C@H](C)C[C@H](C)CCCCCCCCC(=O)N[C@H]1C[C@@H](O)[C@@H](O)NC(=O)[C@@H]2[C@@H](O)CCN2C(=O)[C@H]([C@H](O)CC(N)=O)NC(=O)[C@H]([C@H](O)[C@@H](O)c2ccc(O)cc2)NC(=O)[C@@H]2C[C@@H](O)CN2C(=O)[C@H](CO)NC1=O. The maximum absolute atomic E-state index is 14.3. The number of amides is 8. The summed E-state index contributed by atoms with van der Waals surface area (Å²) in [4.78, 5) is 112. The van der Waals surface area contributed by atoms with Crippen LogP contribution < -0.4 is 32.3 Å². The molecule has 0 saturated carbocycles. The predicted octanol–water partition coefficient (Wildman–Crippen LogP) is -3.73. The minimum Gasteiger partial charge on any atom is -0.508 e. The minimum atomic E-state index is -2.36. The van der Waals surface area contributed by atoms with Gasteiger partial charge in [0.1, 0.15) is 60.3 Å². The topological polar surface area (TPSA) is 411 Å². The fourth-order valence-electron chi connectivity index (χ4n) is 9.63. The number of hydrogen-bond acceptors (Lipinski definition) is 17. The predicted molar refractivity (Wildman–Crippen MR) is 261 cm³/mol. The molecule has 3 aliphatic heterocycles. The normalized spacial score (nSPS) is 28.8. The molecule has 0 unspecified atom stereocenters. The van der Waals surface area contributed by atoms with Crippen molar-refractivity contribution in [1.82, 2.24) is 36.4 Å². The van der Waals surface area contributed by atoms with E-state index in [4.69, 9.17) is 5.73 Å². The largest absolute Gasteiger partial charge is 0.508 e. The molecule has 15 atom stereocenters. The summed E-state index contributed by atoms with van der Waals surface area (Å²) in [5.74, 6) is -8.57. The van der Waals surface area contributed by atoms with Crippen molar-refractivity contribution < 1.29 is 84.3 Å². The third-order valence-electron chi connectivity index (χ3n) is 14.1. The standard InChI is InChI=1S/C49H78N8O17/c1-4-25(2)19-26(3)11-9-7-5-6-8-10-12-37(65)51-30-21-35(63)45(70)55-47(72)40-33(61)17-18-56(40)49(74)38(34(62)22-36(50)64)53-46(71)39(42(67)41(66)27-13-15-28(59)16-14-27)54-44(69)32-20-29(60)23-57(32)48(73)31(24-58)52-43(30)68/h13-16,25-26,29-35,38-42,45,58-63,66-67,70H,4-12,17-24H2,1-3H3,(H2,50,64)(H,51,65)(H,52,68)(H,53,71)(H,54,69)(H,55,72)/t25-,26+,29+,30-,31-,32-,33-,34+,35+,38-,39-,40-,41-,42-,45+/m0/s1. The summed E-state index contributed by atoms with van der Waals surface area (Å²) in [6.45, 7) is 4.53. The molecule has 4 rings (SSSR count).